The van der Waals surface area contributed by atoms with Gasteiger partial charge >= 0.3 is 0 Å². The zero-order chi connectivity index (χ0) is 13.8. The van der Waals surface area contributed by atoms with Gasteiger partial charge in [-0.1, -0.05) is 37.6 Å². The van der Waals surface area contributed by atoms with E-state index < -0.39 is 4.33 Å². The average Bonchev–Trinajstić information content (AvgIpc) is 3.00. The van der Waals surface area contributed by atoms with Crippen LogP contribution in [0.5, 0.6) is 0 Å². The quantitative estimate of drug-likeness (QED) is 0.834. The predicted molar refractivity (Wildman–Crippen MR) is 77.2 cm³/mol. The van der Waals surface area contributed by atoms with Crippen molar-refractivity contribution in [2.45, 2.75) is 31.1 Å². The van der Waals surface area contributed by atoms with Crippen molar-refractivity contribution < 1.29 is 4.79 Å². The standard InChI is InChI=1S/C11H10Cl3NO.C2H6/c12-8-3-1-7(2-4-8)6-15-10(16)9-5-11(9,13)14;1-2/h1-4,9H,5-6H2,(H,15,16);1-2H3. The first-order chi connectivity index (χ1) is 8.49. The Morgan fingerprint density at radius 3 is 2.28 bits per heavy atom. The molecule has 2 rings (SSSR count). The maximum absolute atomic E-state index is 11.6. The molecule has 0 spiro atoms. The van der Waals surface area contributed by atoms with Crippen molar-refractivity contribution in [1.82, 2.24) is 5.32 Å². The molecular weight excluding hydrogens is 293 g/mol. The molecule has 0 saturated heterocycles. The van der Waals surface area contributed by atoms with Crippen molar-refractivity contribution in [3.8, 4) is 0 Å². The van der Waals surface area contributed by atoms with Crippen LogP contribution in [-0.2, 0) is 11.3 Å². The number of benzene rings is 1. The summed E-state index contributed by atoms with van der Waals surface area (Å²) < 4.78 is -0.857. The number of carbonyl (C=O) groups excluding carboxylic acids is 1. The number of rotatable bonds is 3. The van der Waals surface area contributed by atoms with Crippen molar-refractivity contribution in [1.29, 1.82) is 0 Å². The van der Waals surface area contributed by atoms with Crippen LogP contribution in [0.2, 0.25) is 5.02 Å². The maximum atomic E-state index is 11.6. The first-order valence-corrected chi connectivity index (χ1v) is 7.02. The molecule has 0 heterocycles. The summed E-state index contributed by atoms with van der Waals surface area (Å²) in [4.78, 5) is 11.6. The maximum Gasteiger partial charge on any atom is 0.226 e. The molecule has 2 nitrogen and oxygen atoms in total. The minimum atomic E-state index is -0.857. The van der Waals surface area contributed by atoms with Gasteiger partial charge in [-0.2, -0.15) is 0 Å². The molecule has 1 atom stereocenters. The molecule has 1 aliphatic rings. The van der Waals surface area contributed by atoms with Gasteiger partial charge in [-0.25, -0.2) is 0 Å². The van der Waals surface area contributed by atoms with Crippen molar-refractivity contribution in [3.63, 3.8) is 0 Å². The Hall–Kier alpha value is -0.440. The minimum absolute atomic E-state index is 0.0973. The molecule has 0 aliphatic heterocycles. The largest absolute Gasteiger partial charge is 0.352 e. The number of nitrogens with one attached hydrogen (secondary N) is 1. The number of halogens is 3. The van der Waals surface area contributed by atoms with Gasteiger partial charge in [0.1, 0.15) is 4.33 Å². The molecule has 0 radical (unpaired) electrons. The highest BCUT2D eigenvalue weighted by Gasteiger charge is 2.56. The van der Waals surface area contributed by atoms with Gasteiger partial charge in [0.15, 0.2) is 0 Å². The van der Waals surface area contributed by atoms with E-state index in [4.69, 9.17) is 34.8 Å². The van der Waals surface area contributed by atoms with Crippen LogP contribution >= 0.6 is 34.8 Å². The lowest BCUT2D eigenvalue weighted by atomic mass is 10.2. The zero-order valence-electron chi connectivity index (χ0n) is 10.3. The SMILES string of the molecule is CC.O=C(NCc1ccc(Cl)cc1)C1CC1(Cl)Cl. The lowest BCUT2D eigenvalue weighted by molar-refractivity contribution is -0.122. The molecule has 1 fully saturated rings. The Bertz CT molecular complexity index is 403. The lowest BCUT2D eigenvalue weighted by Crippen LogP contribution is -2.26. The van der Waals surface area contributed by atoms with Gasteiger partial charge in [-0.15, -0.1) is 23.2 Å². The van der Waals surface area contributed by atoms with Gasteiger partial charge in [-0.05, 0) is 24.1 Å². The Balaban J connectivity index is 0.000000771. The van der Waals surface area contributed by atoms with Gasteiger partial charge in [0.25, 0.3) is 0 Å². The van der Waals surface area contributed by atoms with Crippen LogP contribution < -0.4 is 5.32 Å². The molecule has 1 saturated carbocycles. The number of amides is 1. The second kappa shape index (κ2) is 6.65. The van der Waals surface area contributed by atoms with Crippen LogP contribution in [0, 0.1) is 5.92 Å². The van der Waals surface area contributed by atoms with E-state index in [9.17, 15) is 4.79 Å². The third-order valence-electron chi connectivity index (χ3n) is 2.52. The van der Waals surface area contributed by atoms with Crippen molar-refractivity contribution >= 4 is 40.7 Å². The van der Waals surface area contributed by atoms with E-state index in [0.29, 0.717) is 18.0 Å². The second-order valence-electron chi connectivity index (χ2n) is 3.86. The molecule has 1 amide bonds. The van der Waals surface area contributed by atoms with E-state index in [2.05, 4.69) is 5.32 Å². The van der Waals surface area contributed by atoms with Gasteiger partial charge in [-0.3, -0.25) is 4.79 Å². The summed E-state index contributed by atoms with van der Waals surface area (Å²) >= 11 is 17.3. The van der Waals surface area contributed by atoms with E-state index in [-0.39, 0.29) is 11.8 Å². The van der Waals surface area contributed by atoms with Crippen LogP contribution in [0.4, 0.5) is 0 Å². The second-order valence-corrected chi connectivity index (χ2v) is 5.84. The van der Waals surface area contributed by atoms with Gasteiger partial charge in [0.05, 0.1) is 5.92 Å². The fraction of sp³-hybridized carbons (Fsp3) is 0.462. The first kappa shape index (κ1) is 15.6. The van der Waals surface area contributed by atoms with E-state index >= 15 is 0 Å². The molecule has 0 aromatic heterocycles. The molecule has 1 aromatic carbocycles. The molecule has 100 valence electrons. The molecule has 1 N–H and O–H groups in total. The predicted octanol–water partition coefficient (Wildman–Crippen LogP) is 4.18. The molecule has 18 heavy (non-hydrogen) atoms. The normalized spacial score (nSPS) is 19.5. The lowest BCUT2D eigenvalue weighted by Gasteiger charge is -2.05. The van der Waals surface area contributed by atoms with Gasteiger partial charge < -0.3 is 5.32 Å². The molecule has 0 bridgehead atoms. The van der Waals surface area contributed by atoms with Crippen molar-refractivity contribution in [2.24, 2.45) is 5.92 Å². The Morgan fingerprint density at radius 1 is 1.33 bits per heavy atom. The molecule has 1 aromatic rings. The first-order valence-electron chi connectivity index (χ1n) is 5.89. The van der Waals surface area contributed by atoms with Gasteiger partial charge in [0.2, 0.25) is 5.91 Å². The molecule has 1 unspecified atom stereocenters. The molecule has 1 aliphatic carbocycles. The Labute approximate surface area is 123 Å². The topological polar surface area (TPSA) is 29.1 Å². The number of carbonyl (C=O) groups is 1. The Morgan fingerprint density at radius 2 is 1.83 bits per heavy atom. The van der Waals surface area contributed by atoms with Crippen LogP contribution in [0.3, 0.4) is 0 Å². The third kappa shape index (κ3) is 4.34. The number of hydrogen-bond donors (Lipinski definition) is 1. The Kier molecular flexibility index (Phi) is 5.77. The number of alkyl halides is 2. The number of hydrogen-bond acceptors (Lipinski definition) is 1. The highest BCUT2D eigenvalue weighted by atomic mass is 35.5. The third-order valence-corrected chi connectivity index (χ3v) is 3.61. The summed E-state index contributed by atoms with van der Waals surface area (Å²) in [5, 5.41) is 3.46. The van der Waals surface area contributed by atoms with Crippen LogP contribution in [0.1, 0.15) is 25.8 Å². The minimum Gasteiger partial charge on any atom is -0.352 e. The summed E-state index contributed by atoms with van der Waals surface area (Å²) in [6.45, 7) is 4.47. The zero-order valence-corrected chi connectivity index (χ0v) is 12.6. The van der Waals surface area contributed by atoms with Crippen LogP contribution in [0.15, 0.2) is 24.3 Å². The van der Waals surface area contributed by atoms with E-state index in [1.807, 2.05) is 26.0 Å². The fourth-order valence-corrected chi connectivity index (χ4v) is 2.05. The summed E-state index contributed by atoms with van der Waals surface area (Å²) in [5.74, 6) is -0.372. The van der Waals surface area contributed by atoms with E-state index in [1.54, 1.807) is 12.1 Å². The molecular formula is C13H16Cl3NO. The monoisotopic (exact) mass is 307 g/mol. The summed E-state index contributed by atoms with van der Waals surface area (Å²) in [6.07, 6.45) is 0.530. The van der Waals surface area contributed by atoms with E-state index in [0.717, 1.165) is 5.56 Å². The summed E-state index contributed by atoms with van der Waals surface area (Å²) in [7, 11) is 0. The van der Waals surface area contributed by atoms with Crippen molar-refractivity contribution in [3.05, 3.63) is 34.9 Å². The van der Waals surface area contributed by atoms with Crippen molar-refractivity contribution in [2.75, 3.05) is 0 Å². The smallest absolute Gasteiger partial charge is 0.226 e. The summed E-state index contributed by atoms with van der Waals surface area (Å²) in [6, 6.07) is 7.30. The van der Waals surface area contributed by atoms with Gasteiger partial charge in [0, 0.05) is 11.6 Å². The van der Waals surface area contributed by atoms with Crippen LogP contribution in [0.25, 0.3) is 0 Å². The fourth-order valence-electron chi connectivity index (χ4n) is 1.41. The van der Waals surface area contributed by atoms with E-state index in [1.165, 1.54) is 0 Å². The van der Waals surface area contributed by atoms with Crippen LogP contribution in [-0.4, -0.2) is 10.2 Å². The molecule has 5 heteroatoms. The highest BCUT2D eigenvalue weighted by Crippen LogP contribution is 2.53. The average molecular weight is 309 g/mol. The highest BCUT2D eigenvalue weighted by molar-refractivity contribution is 6.52. The summed E-state index contributed by atoms with van der Waals surface area (Å²) in [5.41, 5.74) is 0.994.